The molecule has 26 heavy (non-hydrogen) atoms. The Morgan fingerprint density at radius 2 is 1.88 bits per heavy atom. The maximum absolute atomic E-state index is 12.5. The summed E-state index contributed by atoms with van der Waals surface area (Å²) in [4.78, 5) is 29.6. The highest BCUT2D eigenvalue weighted by atomic mass is 32.1. The van der Waals surface area contributed by atoms with Gasteiger partial charge in [0, 0.05) is 35.9 Å². The van der Waals surface area contributed by atoms with Gasteiger partial charge in [-0.1, -0.05) is 12.1 Å². The maximum Gasteiger partial charge on any atom is 0.271 e. The first-order chi connectivity index (χ1) is 12.6. The highest BCUT2D eigenvalue weighted by molar-refractivity contribution is 7.15. The molecule has 0 spiro atoms. The van der Waals surface area contributed by atoms with Gasteiger partial charge >= 0.3 is 0 Å². The number of carbonyl (C=O) groups excluding carboxylic acids is 1. The van der Waals surface area contributed by atoms with Crippen LogP contribution in [0, 0.1) is 0 Å². The fourth-order valence-corrected chi connectivity index (χ4v) is 3.46. The van der Waals surface area contributed by atoms with E-state index in [1.165, 1.54) is 21.9 Å². The molecule has 6 nitrogen and oxygen atoms in total. The molecule has 7 heteroatoms. The first-order valence-electron chi connectivity index (χ1n) is 8.12. The van der Waals surface area contributed by atoms with Gasteiger partial charge < -0.3 is 9.88 Å². The van der Waals surface area contributed by atoms with E-state index in [9.17, 15) is 9.59 Å². The Kier molecular flexibility index (Phi) is 4.14. The van der Waals surface area contributed by atoms with Crippen molar-refractivity contribution < 1.29 is 4.79 Å². The molecule has 3 heterocycles. The molecule has 0 aliphatic rings. The number of thiazole rings is 1. The number of hydrogen-bond acceptors (Lipinski definition) is 4. The highest BCUT2D eigenvalue weighted by Crippen LogP contribution is 2.16. The zero-order valence-electron chi connectivity index (χ0n) is 14.0. The summed E-state index contributed by atoms with van der Waals surface area (Å²) >= 11 is 1.35. The van der Waals surface area contributed by atoms with E-state index in [1.807, 2.05) is 60.3 Å². The summed E-state index contributed by atoms with van der Waals surface area (Å²) in [5.74, 6) is -0.426. The Morgan fingerprint density at radius 1 is 1.15 bits per heavy atom. The van der Waals surface area contributed by atoms with E-state index < -0.39 is 5.91 Å². The van der Waals surface area contributed by atoms with E-state index in [4.69, 9.17) is 0 Å². The van der Waals surface area contributed by atoms with Crippen LogP contribution in [-0.4, -0.2) is 19.9 Å². The van der Waals surface area contributed by atoms with Crippen LogP contribution >= 0.6 is 11.3 Å². The molecule has 0 saturated carbocycles. The number of nitrogens with one attached hydrogen (secondary N) is 1. The summed E-state index contributed by atoms with van der Waals surface area (Å²) < 4.78 is 3.39. The molecular weight excluding hydrogens is 348 g/mol. The summed E-state index contributed by atoms with van der Waals surface area (Å²) in [5, 5.41) is 4.63. The second kappa shape index (κ2) is 6.61. The van der Waals surface area contributed by atoms with Crippen molar-refractivity contribution in [3.05, 3.63) is 88.0 Å². The number of carbonyl (C=O) groups is 1. The van der Waals surface area contributed by atoms with E-state index in [-0.39, 0.29) is 17.2 Å². The molecule has 1 atom stereocenters. The van der Waals surface area contributed by atoms with Gasteiger partial charge in [0.15, 0.2) is 4.96 Å². The third-order valence-corrected chi connectivity index (χ3v) is 5.00. The van der Waals surface area contributed by atoms with Gasteiger partial charge in [-0.25, -0.2) is 4.98 Å². The number of fused-ring (bicyclic) bond motifs is 1. The molecule has 0 radical (unpaired) electrons. The summed E-state index contributed by atoms with van der Waals surface area (Å²) in [6, 6.07) is 11.6. The van der Waals surface area contributed by atoms with Gasteiger partial charge in [0.2, 0.25) is 0 Å². The minimum absolute atomic E-state index is 0.0386. The van der Waals surface area contributed by atoms with E-state index in [0.29, 0.717) is 4.96 Å². The minimum Gasteiger partial charge on any atom is -0.345 e. The molecule has 0 saturated heterocycles. The second-order valence-corrected chi connectivity index (χ2v) is 6.78. The molecule has 1 N–H and O–H groups in total. The number of benzene rings is 1. The monoisotopic (exact) mass is 364 g/mol. The molecule has 4 aromatic rings. The summed E-state index contributed by atoms with van der Waals surface area (Å²) in [6.07, 6.45) is 6.91. The predicted molar refractivity (Wildman–Crippen MR) is 101 cm³/mol. The highest BCUT2D eigenvalue weighted by Gasteiger charge is 2.16. The van der Waals surface area contributed by atoms with Crippen molar-refractivity contribution >= 4 is 22.2 Å². The van der Waals surface area contributed by atoms with Crippen LogP contribution in [0.2, 0.25) is 0 Å². The molecule has 0 fully saturated rings. The van der Waals surface area contributed by atoms with E-state index in [0.717, 1.165) is 11.3 Å². The third kappa shape index (κ3) is 2.93. The van der Waals surface area contributed by atoms with Crippen molar-refractivity contribution in [1.29, 1.82) is 0 Å². The smallest absolute Gasteiger partial charge is 0.271 e. The van der Waals surface area contributed by atoms with Gasteiger partial charge in [-0.2, -0.15) is 0 Å². The number of aromatic nitrogens is 3. The molecule has 4 rings (SSSR count). The summed E-state index contributed by atoms with van der Waals surface area (Å²) in [5.41, 5.74) is 1.68. The van der Waals surface area contributed by atoms with Crippen LogP contribution in [0.3, 0.4) is 0 Å². The fraction of sp³-hybridized carbons (Fsp3) is 0.105. The first kappa shape index (κ1) is 16.3. The van der Waals surface area contributed by atoms with Crippen molar-refractivity contribution in [2.24, 2.45) is 0 Å². The largest absolute Gasteiger partial charge is 0.345 e. The third-order valence-electron chi connectivity index (χ3n) is 4.23. The van der Waals surface area contributed by atoms with Gasteiger partial charge in [0.05, 0.1) is 6.04 Å². The zero-order chi connectivity index (χ0) is 18.1. The van der Waals surface area contributed by atoms with Crippen LogP contribution in [0.25, 0.3) is 10.6 Å². The molecule has 130 valence electrons. The van der Waals surface area contributed by atoms with E-state index in [1.54, 1.807) is 11.6 Å². The molecule has 1 amide bonds. The van der Waals surface area contributed by atoms with Crippen LogP contribution in [-0.2, 0) is 0 Å². The first-order valence-corrected chi connectivity index (χ1v) is 9.00. The second-order valence-electron chi connectivity index (χ2n) is 5.91. The molecule has 0 aliphatic carbocycles. The molecule has 3 aromatic heterocycles. The number of hydrogen-bond donors (Lipinski definition) is 1. The molecule has 0 bridgehead atoms. The van der Waals surface area contributed by atoms with Crippen LogP contribution in [0.1, 0.15) is 28.9 Å². The van der Waals surface area contributed by atoms with Gasteiger partial charge in [-0.3, -0.25) is 14.0 Å². The molecular formula is C19H16N4O2S. The standard InChI is InChI=1S/C19H16N4O2S/c1-13(14-4-6-15(7-5-14)22-8-2-3-9-22)21-17(24)16-12-20-19-23(18(16)25)10-11-26-19/h2-13H,1H3,(H,21,24). The Balaban J connectivity index is 1.53. The maximum atomic E-state index is 12.5. The lowest BCUT2D eigenvalue weighted by atomic mass is 10.1. The van der Waals surface area contributed by atoms with Gasteiger partial charge in [0.1, 0.15) is 5.56 Å². The van der Waals surface area contributed by atoms with Crippen LogP contribution in [0.5, 0.6) is 0 Å². The lowest BCUT2D eigenvalue weighted by molar-refractivity contribution is 0.0938. The lowest BCUT2D eigenvalue weighted by Gasteiger charge is -2.15. The number of rotatable bonds is 4. The van der Waals surface area contributed by atoms with Gasteiger partial charge in [-0.15, -0.1) is 11.3 Å². The van der Waals surface area contributed by atoms with Crippen molar-refractivity contribution in [2.45, 2.75) is 13.0 Å². The fourth-order valence-electron chi connectivity index (χ4n) is 2.78. The molecule has 1 aromatic carbocycles. The zero-order valence-corrected chi connectivity index (χ0v) is 14.8. The van der Waals surface area contributed by atoms with Crippen molar-refractivity contribution in [2.75, 3.05) is 0 Å². The van der Waals surface area contributed by atoms with Crippen LogP contribution < -0.4 is 10.9 Å². The average Bonchev–Trinajstić information content (AvgIpc) is 3.34. The molecule has 0 aliphatic heterocycles. The van der Waals surface area contributed by atoms with Gasteiger partial charge in [0.25, 0.3) is 11.5 Å². The quantitative estimate of drug-likeness (QED) is 0.605. The number of nitrogens with zero attached hydrogens (tertiary/aromatic N) is 3. The normalized spacial score (nSPS) is 12.2. The Hall–Kier alpha value is -3.19. The average molecular weight is 364 g/mol. The lowest BCUT2D eigenvalue weighted by Crippen LogP contribution is -2.32. The predicted octanol–water partition coefficient (Wildman–Crippen LogP) is 3.04. The van der Waals surface area contributed by atoms with Crippen molar-refractivity contribution in [3.63, 3.8) is 0 Å². The topological polar surface area (TPSA) is 68.4 Å². The number of amides is 1. The summed E-state index contributed by atoms with van der Waals surface area (Å²) in [7, 11) is 0. The van der Waals surface area contributed by atoms with Crippen LogP contribution in [0.4, 0.5) is 0 Å². The Morgan fingerprint density at radius 3 is 2.62 bits per heavy atom. The summed E-state index contributed by atoms with van der Waals surface area (Å²) in [6.45, 7) is 1.89. The van der Waals surface area contributed by atoms with Gasteiger partial charge in [-0.05, 0) is 36.8 Å². The van der Waals surface area contributed by atoms with E-state index >= 15 is 0 Å². The SMILES string of the molecule is CC(NC(=O)c1cnc2sccn2c1=O)c1ccc(-n2cccc2)cc1. The Labute approximate surface area is 153 Å². The van der Waals surface area contributed by atoms with Crippen molar-refractivity contribution in [1.82, 2.24) is 19.3 Å². The minimum atomic E-state index is -0.426. The Bertz CT molecular complexity index is 1110. The van der Waals surface area contributed by atoms with Crippen molar-refractivity contribution in [3.8, 4) is 5.69 Å². The van der Waals surface area contributed by atoms with E-state index in [2.05, 4.69) is 10.3 Å². The van der Waals surface area contributed by atoms with Crippen LogP contribution in [0.15, 0.2) is 71.4 Å². The molecule has 1 unspecified atom stereocenters.